The molecule has 174 valence electrons. The third-order valence-corrected chi connectivity index (χ3v) is 7.89. The molecule has 1 amide bonds. The predicted octanol–water partition coefficient (Wildman–Crippen LogP) is 6.94. The number of hydrogen-bond donors (Lipinski definition) is 1. The van der Waals surface area contributed by atoms with E-state index < -0.39 is 9.84 Å². The summed E-state index contributed by atoms with van der Waals surface area (Å²) in [5, 5.41) is 4.29. The lowest BCUT2D eigenvalue weighted by Gasteiger charge is -2.13. The normalized spacial score (nSPS) is 11.5. The molecule has 0 bridgehead atoms. The first-order valence-electron chi connectivity index (χ1n) is 10.7. The number of nitrogens with one attached hydrogen (secondary N) is 1. The Balaban J connectivity index is 1.51. The summed E-state index contributed by atoms with van der Waals surface area (Å²) in [5.41, 5.74) is 3.90. The predicted molar refractivity (Wildman–Crippen MR) is 143 cm³/mol. The van der Waals surface area contributed by atoms with Crippen molar-refractivity contribution in [1.29, 1.82) is 0 Å². The molecule has 0 radical (unpaired) electrons. The van der Waals surface area contributed by atoms with Crippen LogP contribution in [0.1, 0.15) is 10.4 Å². The zero-order chi connectivity index (χ0) is 24.6. The SMILES string of the molecule is CS(=O)(=O)c1ccc(C(=O)Nc2cccc(-c3nc4ccccc4s3)c2)c(-c2cccc(Cl)c2)c1. The van der Waals surface area contributed by atoms with Gasteiger partial charge >= 0.3 is 0 Å². The van der Waals surface area contributed by atoms with E-state index in [1.54, 1.807) is 41.7 Å². The van der Waals surface area contributed by atoms with Crippen molar-refractivity contribution in [2.24, 2.45) is 0 Å². The molecule has 0 spiro atoms. The summed E-state index contributed by atoms with van der Waals surface area (Å²) in [4.78, 5) is 18.2. The molecule has 0 saturated carbocycles. The van der Waals surface area contributed by atoms with Gasteiger partial charge in [-0.2, -0.15) is 0 Å². The highest BCUT2D eigenvalue weighted by Gasteiger charge is 2.18. The summed E-state index contributed by atoms with van der Waals surface area (Å²) >= 11 is 7.75. The molecule has 5 nitrogen and oxygen atoms in total. The fourth-order valence-corrected chi connectivity index (χ4v) is 5.57. The molecule has 5 aromatic rings. The molecule has 1 N–H and O–H groups in total. The fraction of sp³-hybridized carbons (Fsp3) is 0.0370. The van der Waals surface area contributed by atoms with Crippen molar-refractivity contribution < 1.29 is 13.2 Å². The third-order valence-electron chi connectivity index (χ3n) is 5.46. The summed E-state index contributed by atoms with van der Waals surface area (Å²) in [6, 6.07) is 26.9. The van der Waals surface area contributed by atoms with Crippen LogP contribution in [0.4, 0.5) is 5.69 Å². The van der Waals surface area contributed by atoms with E-state index in [0.717, 1.165) is 27.0 Å². The maximum atomic E-state index is 13.3. The Kier molecular flexibility index (Phi) is 6.15. The average molecular weight is 519 g/mol. The van der Waals surface area contributed by atoms with E-state index in [4.69, 9.17) is 16.6 Å². The molecule has 0 aliphatic rings. The highest BCUT2D eigenvalue weighted by molar-refractivity contribution is 7.90. The zero-order valence-electron chi connectivity index (χ0n) is 18.5. The number of nitrogens with zero attached hydrogens (tertiary/aromatic N) is 1. The molecule has 4 aromatic carbocycles. The second kappa shape index (κ2) is 9.26. The summed E-state index contributed by atoms with van der Waals surface area (Å²) in [6.07, 6.45) is 1.14. The van der Waals surface area contributed by atoms with Gasteiger partial charge in [0.1, 0.15) is 5.01 Å². The molecule has 1 heterocycles. The summed E-state index contributed by atoms with van der Waals surface area (Å²) < 4.78 is 25.4. The number of hydrogen-bond acceptors (Lipinski definition) is 5. The van der Waals surface area contributed by atoms with Crippen LogP contribution in [0.15, 0.2) is 95.9 Å². The van der Waals surface area contributed by atoms with Crippen LogP contribution in [0.2, 0.25) is 5.02 Å². The van der Waals surface area contributed by atoms with Crippen molar-refractivity contribution in [3.05, 3.63) is 102 Å². The van der Waals surface area contributed by atoms with Gasteiger partial charge in [0.2, 0.25) is 0 Å². The Morgan fingerprint density at radius 1 is 0.886 bits per heavy atom. The summed E-state index contributed by atoms with van der Waals surface area (Å²) in [7, 11) is -3.46. The van der Waals surface area contributed by atoms with Crippen LogP contribution >= 0.6 is 22.9 Å². The Labute approximate surface area is 212 Å². The van der Waals surface area contributed by atoms with Crippen LogP contribution in [-0.2, 0) is 9.84 Å². The Hall–Kier alpha value is -3.52. The molecule has 0 aliphatic heterocycles. The van der Waals surface area contributed by atoms with Gasteiger partial charge < -0.3 is 5.32 Å². The van der Waals surface area contributed by atoms with Crippen molar-refractivity contribution in [2.75, 3.05) is 11.6 Å². The van der Waals surface area contributed by atoms with Gasteiger partial charge in [0.15, 0.2) is 9.84 Å². The molecule has 5 rings (SSSR count). The molecule has 0 atom stereocenters. The summed E-state index contributed by atoms with van der Waals surface area (Å²) in [6.45, 7) is 0. The van der Waals surface area contributed by atoms with Gasteiger partial charge in [0, 0.05) is 28.1 Å². The van der Waals surface area contributed by atoms with Gasteiger partial charge in [-0.1, -0.05) is 48.0 Å². The maximum Gasteiger partial charge on any atom is 0.256 e. The number of carbonyl (C=O) groups excluding carboxylic acids is 1. The van der Waals surface area contributed by atoms with Gasteiger partial charge in [-0.15, -0.1) is 11.3 Å². The fourth-order valence-electron chi connectivity index (χ4n) is 3.77. The van der Waals surface area contributed by atoms with Crippen LogP contribution in [0.25, 0.3) is 31.9 Å². The van der Waals surface area contributed by atoms with Crippen LogP contribution in [0, 0.1) is 0 Å². The minimum atomic E-state index is -3.46. The highest BCUT2D eigenvalue weighted by atomic mass is 35.5. The number of thiazole rings is 1. The first-order chi connectivity index (χ1) is 16.8. The van der Waals surface area contributed by atoms with E-state index in [1.807, 2.05) is 42.5 Å². The van der Waals surface area contributed by atoms with E-state index in [2.05, 4.69) is 5.32 Å². The number of benzene rings is 4. The number of sulfone groups is 1. The third kappa shape index (κ3) is 4.98. The first-order valence-corrected chi connectivity index (χ1v) is 13.7. The lowest BCUT2D eigenvalue weighted by Crippen LogP contribution is -2.14. The molecule has 35 heavy (non-hydrogen) atoms. The molecule has 1 aromatic heterocycles. The minimum absolute atomic E-state index is 0.127. The number of aromatic nitrogens is 1. The maximum absolute atomic E-state index is 13.3. The minimum Gasteiger partial charge on any atom is -0.322 e. The van der Waals surface area contributed by atoms with Crippen LogP contribution in [-0.4, -0.2) is 25.6 Å². The quantitative estimate of drug-likeness (QED) is 0.273. The largest absolute Gasteiger partial charge is 0.322 e. The van der Waals surface area contributed by atoms with E-state index >= 15 is 0 Å². The number of amides is 1. The van der Waals surface area contributed by atoms with Crippen molar-refractivity contribution in [1.82, 2.24) is 4.98 Å². The van der Waals surface area contributed by atoms with Gasteiger partial charge in [0.25, 0.3) is 5.91 Å². The molecular weight excluding hydrogens is 500 g/mol. The van der Waals surface area contributed by atoms with Gasteiger partial charge in [-0.3, -0.25) is 4.79 Å². The van der Waals surface area contributed by atoms with E-state index in [1.165, 1.54) is 18.2 Å². The van der Waals surface area contributed by atoms with Crippen molar-refractivity contribution in [2.45, 2.75) is 4.90 Å². The highest BCUT2D eigenvalue weighted by Crippen LogP contribution is 2.32. The van der Waals surface area contributed by atoms with Gasteiger partial charge in [-0.25, -0.2) is 13.4 Å². The number of para-hydroxylation sites is 1. The van der Waals surface area contributed by atoms with Crippen molar-refractivity contribution in [3.63, 3.8) is 0 Å². The molecule has 0 fully saturated rings. The number of fused-ring (bicyclic) bond motifs is 1. The number of halogens is 1. The van der Waals surface area contributed by atoms with E-state index in [-0.39, 0.29) is 10.8 Å². The van der Waals surface area contributed by atoms with Crippen LogP contribution in [0.3, 0.4) is 0 Å². The molecule has 0 saturated heterocycles. The average Bonchev–Trinajstić information content (AvgIpc) is 3.28. The topological polar surface area (TPSA) is 76.1 Å². The van der Waals surface area contributed by atoms with Crippen LogP contribution in [0.5, 0.6) is 0 Å². The zero-order valence-corrected chi connectivity index (χ0v) is 20.9. The van der Waals surface area contributed by atoms with E-state index in [0.29, 0.717) is 27.4 Å². The molecule has 0 aliphatic carbocycles. The second-order valence-corrected chi connectivity index (χ2v) is 11.5. The van der Waals surface area contributed by atoms with Crippen LogP contribution < -0.4 is 5.32 Å². The number of anilines is 1. The van der Waals surface area contributed by atoms with E-state index in [9.17, 15) is 13.2 Å². The number of rotatable bonds is 5. The lowest BCUT2D eigenvalue weighted by atomic mass is 9.99. The first kappa shape index (κ1) is 23.2. The van der Waals surface area contributed by atoms with Crippen molar-refractivity contribution in [3.8, 4) is 21.7 Å². The van der Waals surface area contributed by atoms with Crippen molar-refractivity contribution >= 4 is 54.6 Å². The monoisotopic (exact) mass is 518 g/mol. The summed E-state index contributed by atoms with van der Waals surface area (Å²) in [5.74, 6) is -0.360. The smallest absolute Gasteiger partial charge is 0.256 e. The standard InChI is InChI=1S/C27H19ClN2O3S2/c1-35(32,33)21-12-13-22(23(16-21)17-6-4-8-19(28)14-17)26(31)29-20-9-5-7-18(15-20)27-30-24-10-2-3-11-25(24)34-27/h2-16H,1H3,(H,29,31). The van der Waals surface area contributed by atoms with Gasteiger partial charge in [0.05, 0.1) is 15.1 Å². The Bertz CT molecular complexity index is 1660. The lowest BCUT2D eigenvalue weighted by molar-refractivity contribution is 0.102. The molecule has 0 unspecified atom stereocenters. The molecular formula is C27H19ClN2O3S2. The number of carbonyl (C=O) groups is 1. The van der Waals surface area contributed by atoms with Gasteiger partial charge in [-0.05, 0) is 65.7 Å². The Morgan fingerprint density at radius 2 is 1.66 bits per heavy atom. The molecule has 8 heteroatoms. The Morgan fingerprint density at radius 3 is 2.43 bits per heavy atom. The second-order valence-electron chi connectivity index (χ2n) is 8.01.